The molecule has 6 nitrogen and oxygen atoms in total. The lowest BCUT2D eigenvalue weighted by Gasteiger charge is -2.07. The number of rotatable bonds is 4. The molecule has 1 N–H and O–H groups in total. The molecular formula is C19H12BrClN4O2S. The van der Waals surface area contributed by atoms with Gasteiger partial charge in [-0.25, -0.2) is 9.48 Å². The van der Waals surface area contributed by atoms with E-state index in [2.05, 4.69) is 31.2 Å². The van der Waals surface area contributed by atoms with Crippen molar-refractivity contribution in [1.82, 2.24) is 20.0 Å². The molecule has 140 valence electrons. The molecule has 2 aromatic carbocycles. The summed E-state index contributed by atoms with van der Waals surface area (Å²) in [6, 6.07) is 15.0. The van der Waals surface area contributed by atoms with Crippen LogP contribution < -0.4 is 0 Å². The van der Waals surface area contributed by atoms with Gasteiger partial charge in [-0.15, -0.1) is 10.2 Å². The quantitative estimate of drug-likeness (QED) is 0.423. The van der Waals surface area contributed by atoms with Gasteiger partial charge in [0.05, 0.1) is 15.2 Å². The number of nitrogens with zero attached hydrogens (tertiary/aromatic N) is 4. The van der Waals surface area contributed by atoms with Gasteiger partial charge in [-0.1, -0.05) is 58.8 Å². The molecule has 0 spiro atoms. The number of benzene rings is 2. The molecule has 0 fully saturated rings. The van der Waals surface area contributed by atoms with Crippen molar-refractivity contribution in [2.24, 2.45) is 0 Å². The normalized spacial score (nSPS) is 11.0. The monoisotopic (exact) mass is 474 g/mol. The molecule has 4 rings (SSSR count). The van der Waals surface area contributed by atoms with Crippen LogP contribution >= 0.6 is 38.9 Å². The van der Waals surface area contributed by atoms with E-state index in [1.54, 1.807) is 24.3 Å². The van der Waals surface area contributed by atoms with Crippen LogP contribution in [0.15, 0.2) is 53.0 Å². The SMILES string of the molecule is Cc1cccc(-c2nnc(-c3c(Br)c(C(=O)O)nn3-c3ccccc3Cl)s2)c1. The van der Waals surface area contributed by atoms with E-state index in [0.717, 1.165) is 16.1 Å². The van der Waals surface area contributed by atoms with Gasteiger partial charge in [0.25, 0.3) is 0 Å². The molecule has 0 aliphatic heterocycles. The van der Waals surface area contributed by atoms with Crippen molar-refractivity contribution in [2.75, 3.05) is 0 Å². The van der Waals surface area contributed by atoms with Crippen LogP contribution in [0.25, 0.3) is 27.0 Å². The first-order valence-corrected chi connectivity index (χ1v) is 10.1. The Morgan fingerprint density at radius 1 is 1.14 bits per heavy atom. The van der Waals surface area contributed by atoms with E-state index in [0.29, 0.717) is 25.9 Å². The molecule has 9 heteroatoms. The first-order valence-electron chi connectivity index (χ1n) is 8.13. The smallest absolute Gasteiger partial charge is 0.357 e. The maximum atomic E-state index is 11.6. The third kappa shape index (κ3) is 3.34. The third-order valence-electron chi connectivity index (χ3n) is 4.00. The number of carboxylic acid groups (broad SMARTS) is 1. The van der Waals surface area contributed by atoms with Gasteiger partial charge in [-0.2, -0.15) is 5.10 Å². The Kier molecular flexibility index (Phi) is 5.01. The molecule has 28 heavy (non-hydrogen) atoms. The van der Waals surface area contributed by atoms with Gasteiger partial charge in [0.15, 0.2) is 10.7 Å². The fourth-order valence-electron chi connectivity index (χ4n) is 2.73. The first-order chi connectivity index (χ1) is 13.5. The van der Waals surface area contributed by atoms with E-state index in [1.165, 1.54) is 16.0 Å². The Labute approximate surface area is 177 Å². The minimum absolute atomic E-state index is 0.123. The summed E-state index contributed by atoms with van der Waals surface area (Å²) in [6.07, 6.45) is 0. The van der Waals surface area contributed by atoms with Crippen LogP contribution in [0.4, 0.5) is 0 Å². The Hall–Kier alpha value is -2.55. The van der Waals surface area contributed by atoms with Gasteiger partial charge in [0.1, 0.15) is 10.7 Å². The molecule has 0 aliphatic rings. The molecule has 0 amide bonds. The highest BCUT2D eigenvalue weighted by Gasteiger charge is 2.26. The van der Waals surface area contributed by atoms with Crippen LogP contribution in [0.2, 0.25) is 5.02 Å². The summed E-state index contributed by atoms with van der Waals surface area (Å²) in [5.41, 5.74) is 2.98. The van der Waals surface area contributed by atoms with Crippen LogP contribution in [0.1, 0.15) is 16.1 Å². The fraction of sp³-hybridized carbons (Fsp3) is 0.0526. The lowest BCUT2D eigenvalue weighted by atomic mass is 10.1. The summed E-state index contributed by atoms with van der Waals surface area (Å²) in [4.78, 5) is 11.6. The largest absolute Gasteiger partial charge is 0.476 e. The van der Waals surface area contributed by atoms with E-state index in [9.17, 15) is 9.90 Å². The van der Waals surface area contributed by atoms with Gasteiger partial charge in [0.2, 0.25) is 0 Å². The number of aromatic carboxylic acids is 1. The molecule has 2 heterocycles. The summed E-state index contributed by atoms with van der Waals surface area (Å²) in [5.74, 6) is -1.15. The number of carboxylic acids is 1. The van der Waals surface area contributed by atoms with Gasteiger partial charge in [0, 0.05) is 5.56 Å². The Morgan fingerprint density at radius 2 is 1.89 bits per heavy atom. The molecule has 2 aromatic heterocycles. The van der Waals surface area contributed by atoms with Crippen LogP contribution in [0.5, 0.6) is 0 Å². The van der Waals surface area contributed by atoms with E-state index in [4.69, 9.17) is 11.6 Å². The zero-order valence-corrected chi connectivity index (χ0v) is 17.6. The molecule has 0 aliphatic carbocycles. The van der Waals surface area contributed by atoms with Crippen molar-refractivity contribution in [3.8, 4) is 27.0 Å². The number of halogens is 2. The molecule has 4 aromatic rings. The van der Waals surface area contributed by atoms with Gasteiger partial charge >= 0.3 is 5.97 Å². The third-order valence-corrected chi connectivity index (χ3v) is 6.05. The molecule has 0 radical (unpaired) electrons. The standard InChI is InChI=1S/C19H12BrClN4O2S/c1-10-5-4-6-11(9-10)17-22-23-18(28-17)16-14(20)15(19(26)27)24-25(16)13-8-3-2-7-12(13)21/h2-9H,1H3,(H,26,27). The van der Waals surface area contributed by atoms with Crippen molar-refractivity contribution in [3.05, 3.63) is 69.3 Å². The molecule has 0 unspecified atom stereocenters. The van der Waals surface area contributed by atoms with Crippen molar-refractivity contribution >= 4 is 44.8 Å². The predicted octanol–water partition coefficient (Wildman–Crippen LogP) is 5.48. The molecule has 0 atom stereocenters. The Balaban J connectivity index is 1.91. The zero-order chi connectivity index (χ0) is 19.8. The van der Waals surface area contributed by atoms with E-state index < -0.39 is 5.97 Å². The average molecular weight is 476 g/mol. The number of aryl methyl sites for hydroxylation is 1. The van der Waals surface area contributed by atoms with Crippen LogP contribution in [0, 0.1) is 6.92 Å². The van der Waals surface area contributed by atoms with Gasteiger partial charge in [-0.05, 0) is 41.1 Å². The molecular weight excluding hydrogens is 464 g/mol. The van der Waals surface area contributed by atoms with Crippen molar-refractivity contribution in [3.63, 3.8) is 0 Å². The fourth-order valence-corrected chi connectivity index (χ4v) is 4.56. The minimum atomic E-state index is -1.15. The minimum Gasteiger partial charge on any atom is -0.476 e. The summed E-state index contributed by atoms with van der Waals surface area (Å²) in [5, 5.41) is 24.0. The van der Waals surface area contributed by atoms with E-state index in [-0.39, 0.29) is 5.69 Å². The van der Waals surface area contributed by atoms with Gasteiger partial charge in [-0.3, -0.25) is 0 Å². The average Bonchev–Trinajstić information content (AvgIpc) is 3.27. The number of aromatic nitrogens is 4. The van der Waals surface area contributed by atoms with Gasteiger partial charge < -0.3 is 5.11 Å². The highest BCUT2D eigenvalue weighted by atomic mass is 79.9. The predicted molar refractivity (Wildman–Crippen MR) is 112 cm³/mol. The van der Waals surface area contributed by atoms with Crippen LogP contribution in [-0.4, -0.2) is 31.1 Å². The highest BCUT2D eigenvalue weighted by molar-refractivity contribution is 9.10. The van der Waals surface area contributed by atoms with Crippen molar-refractivity contribution in [2.45, 2.75) is 6.92 Å². The molecule has 0 saturated heterocycles. The lowest BCUT2D eigenvalue weighted by Crippen LogP contribution is -2.02. The van der Waals surface area contributed by atoms with Crippen LogP contribution in [0.3, 0.4) is 0 Å². The zero-order valence-electron chi connectivity index (χ0n) is 14.4. The van der Waals surface area contributed by atoms with Crippen molar-refractivity contribution < 1.29 is 9.90 Å². The molecule has 0 bridgehead atoms. The van der Waals surface area contributed by atoms with E-state index >= 15 is 0 Å². The number of hydrogen-bond acceptors (Lipinski definition) is 5. The second-order valence-corrected chi connectivity index (χ2v) is 8.14. The Morgan fingerprint density at radius 3 is 2.61 bits per heavy atom. The summed E-state index contributed by atoms with van der Waals surface area (Å²) in [6.45, 7) is 2.01. The lowest BCUT2D eigenvalue weighted by molar-refractivity contribution is 0.0689. The summed E-state index contributed by atoms with van der Waals surface area (Å²) < 4.78 is 1.81. The first kappa shape index (κ1) is 18.8. The van der Waals surface area contributed by atoms with Crippen LogP contribution in [-0.2, 0) is 0 Å². The number of carbonyl (C=O) groups is 1. The second-order valence-electron chi connectivity index (χ2n) is 5.96. The summed E-state index contributed by atoms with van der Waals surface area (Å²) >= 11 is 11.0. The number of para-hydroxylation sites is 1. The topological polar surface area (TPSA) is 80.9 Å². The number of hydrogen-bond donors (Lipinski definition) is 1. The summed E-state index contributed by atoms with van der Waals surface area (Å²) in [7, 11) is 0. The Bertz CT molecular complexity index is 1200. The van der Waals surface area contributed by atoms with Crippen molar-refractivity contribution in [1.29, 1.82) is 0 Å². The van der Waals surface area contributed by atoms with E-state index in [1.807, 2.05) is 31.2 Å². The molecule has 0 saturated carbocycles. The maximum Gasteiger partial charge on any atom is 0.357 e. The second kappa shape index (κ2) is 7.46. The highest BCUT2D eigenvalue weighted by Crippen LogP contribution is 2.38. The maximum absolute atomic E-state index is 11.6.